The van der Waals surface area contributed by atoms with E-state index in [1.807, 2.05) is 36.4 Å². The monoisotopic (exact) mass is 461 g/mol. The van der Waals surface area contributed by atoms with Gasteiger partial charge in [-0.15, -0.1) is 11.3 Å². The molecule has 168 valence electrons. The van der Waals surface area contributed by atoms with Crippen LogP contribution in [0.25, 0.3) is 0 Å². The highest BCUT2D eigenvalue weighted by Gasteiger charge is 2.30. The molecule has 32 heavy (non-hydrogen) atoms. The van der Waals surface area contributed by atoms with Crippen molar-refractivity contribution in [2.24, 2.45) is 0 Å². The zero-order valence-corrected chi connectivity index (χ0v) is 18.3. The zero-order valence-electron chi connectivity index (χ0n) is 17.4. The highest BCUT2D eigenvalue weighted by molar-refractivity contribution is 7.10. The van der Waals surface area contributed by atoms with Gasteiger partial charge in [-0.1, -0.05) is 18.2 Å². The van der Waals surface area contributed by atoms with Gasteiger partial charge in [0.1, 0.15) is 0 Å². The third-order valence-electron chi connectivity index (χ3n) is 4.87. The number of likely N-dealkylation sites (N-methyl/N-ethyl adjacent to an activating group) is 1. The van der Waals surface area contributed by atoms with E-state index in [1.165, 1.54) is 24.3 Å². The van der Waals surface area contributed by atoms with Crippen LogP contribution in [0.2, 0.25) is 0 Å². The van der Waals surface area contributed by atoms with Gasteiger partial charge in [-0.25, -0.2) is 0 Å². The number of amides is 2. The lowest BCUT2D eigenvalue weighted by Gasteiger charge is -2.23. The Labute approximate surface area is 187 Å². The average Bonchev–Trinajstić information content (AvgIpc) is 3.27. The number of alkyl halides is 3. The van der Waals surface area contributed by atoms with Gasteiger partial charge in [0.25, 0.3) is 5.91 Å². The standard InChI is InChI=1S/C23H22F3N3O2S/c1-15(20-10-5-11-32-20)29(2)14-21(30)27-18-8-3-6-16(12-18)22(31)28-19-9-4-7-17(13-19)23(24,25)26/h3-13,15H,14H2,1-2H3,(H,27,30)(H,28,31). The Morgan fingerprint density at radius 1 is 1.00 bits per heavy atom. The van der Waals surface area contributed by atoms with Gasteiger partial charge < -0.3 is 10.6 Å². The van der Waals surface area contributed by atoms with Crippen molar-refractivity contribution in [1.29, 1.82) is 0 Å². The van der Waals surface area contributed by atoms with Crippen LogP contribution in [-0.4, -0.2) is 30.3 Å². The van der Waals surface area contributed by atoms with Gasteiger partial charge in [-0.3, -0.25) is 14.5 Å². The van der Waals surface area contributed by atoms with Gasteiger partial charge in [0, 0.05) is 27.9 Å². The second-order valence-corrected chi connectivity index (χ2v) is 8.25. The minimum absolute atomic E-state index is 0.0310. The fraction of sp³-hybridized carbons (Fsp3) is 0.217. The number of anilines is 2. The van der Waals surface area contributed by atoms with E-state index in [9.17, 15) is 22.8 Å². The Balaban J connectivity index is 1.62. The average molecular weight is 462 g/mol. The molecule has 1 heterocycles. The second-order valence-electron chi connectivity index (χ2n) is 7.27. The highest BCUT2D eigenvalue weighted by Crippen LogP contribution is 2.30. The number of benzene rings is 2. The van der Waals surface area contributed by atoms with E-state index in [4.69, 9.17) is 0 Å². The van der Waals surface area contributed by atoms with Gasteiger partial charge >= 0.3 is 6.18 Å². The summed E-state index contributed by atoms with van der Waals surface area (Å²) >= 11 is 1.62. The summed E-state index contributed by atoms with van der Waals surface area (Å²) in [7, 11) is 1.85. The summed E-state index contributed by atoms with van der Waals surface area (Å²) in [6.45, 7) is 2.16. The van der Waals surface area contributed by atoms with E-state index in [0.717, 1.165) is 17.0 Å². The maximum atomic E-state index is 12.9. The number of carbonyl (C=O) groups excluding carboxylic acids is 2. The molecule has 1 atom stereocenters. The van der Waals surface area contributed by atoms with Crippen molar-refractivity contribution in [3.63, 3.8) is 0 Å². The van der Waals surface area contributed by atoms with E-state index < -0.39 is 17.6 Å². The van der Waals surface area contributed by atoms with Crippen molar-refractivity contribution in [3.05, 3.63) is 82.0 Å². The molecule has 0 fully saturated rings. The van der Waals surface area contributed by atoms with Gasteiger partial charge in [-0.2, -0.15) is 13.2 Å². The SMILES string of the molecule is CC(c1cccs1)N(C)CC(=O)Nc1cccc(C(=O)Nc2cccc(C(F)(F)F)c2)c1. The molecule has 0 aliphatic heterocycles. The summed E-state index contributed by atoms with van der Waals surface area (Å²) in [6.07, 6.45) is -4.50. The zero-order chi connectivity index (χ0) is 23.3. The second kappa shape index (κ2) is 9.97. The number of nitrogens with one attached hydrogen (secondary N) is 2. The Morgan fingerprint density at radius 2 is 1.69 bits per heavy atom. The third-order valence-corrected chi connectivity index (χ3v) is 5.91. The van der Waals surface area contributed by atoms with Crippen molar-refractivity contribution in [1.82, 2.24) is 4.90 Å². The van der Waals surface area contributed by atoms with E-state index >= 15 is 0 Å². The van der Waals surface area contributed by atoms with Crippen molar-refractivity contribution in [3.8, 4) is 0 Å². The minimum atomic E-state index is -4.50. The number of carbonyl (C=O) groups is 2. The molecule has 3 aromatic rings. The van der Waals surface area contributed by atoms with Crippen molar-refractivity contribution >= 4 is 34.5 Å². The lowest BCUT2D eigenvalue weighted by Crippen LogP contribution is -2.32. The first-order chi connectivity index (χ1) is 15.1. The van der Waals surface area contributed by atoms with E-state index in [1.54, 1.807) is 23.5 Å². The molecule has 0 spiro atoms. The van der Waals surface area contributed by atoms with Crippen LogP contribution in [0.3, 0.4) is 0 Å². The number of hydrogen-bond acceptors (Lipinski definition) is 4. The number of rotatable bonds is 7. The van der Waals surface area contributed by atoms with Crippen molar-refractivity contribution < 1.29 is 22.8 Å². The molecule has 1 aromatic heterocycles. The normalized spacial score (nSPS) is 12.4. The molecule has 2 aromatic carbocycles. The Bertz CT molecular complexity index is 1080. The lowest BCUT2D eigenvalue weighted by atomic mass is 10.1. The van der Waals surface area contributed by atoms with Crippen molar-refractivity contribution in [2.45, 2.75) is 19.1 Å². The molecule has 5 nitrogen and oxygen atoms in total. The smallest absolute Gasteiger partial charge is 0.325 e. The van der Waals surface area contributed by atoms with Crippen LogP contribution in [0.15, 0.2) is 66.0 Å². The Kier molecular flexibility index (Phi) is 7.32. The van der Waals surface area contributed by atoms with Crippen molar-refractivity contribution in [2.75, 3.05) is 24.2 Å². The molecule has 1 unspecified atom stereocenters. The quantitative estimate of drug-likeness (QED) is 0.478. The van der Waals surface area contributed by atoms with E-state index in [0.29, 0.717) is 5.69 Å². The molecule has 0 aliphatic carbocycles. The van der Waals surface area contributed by atoms with E-state index in [2.05, 4.69) is 10.6 Å². The molecular weight excluding hydrogens is 439 g/mol. The van der Waals surface area contributed by atoms with Gasteiger partial charge in [0.2, 0.25) is 5.91 Å². The number of halogens is 3. The first-order valence-corrected chi connectivity index (χ1v) is 10.6. The minimum Gasteiger partial charge on any atom is -0.325 e. The molecule has 0 bridgehead atoms. The molecular formula is C23H22F3N3O2S. The molecule has 2 amide bonds. The fourth-order valence-corrected chi connectivity index (χ4v) is 3.87. The summed E-state index contributed by atoms with van der Waals surface area (Å²) in [5.74, 6) is -0.824. The van der Waals surface area contributed by atoms with Crippen LogP contribution in [0.5, 0.6) is 0 Å². The molecule has 0 aliphatic rings. The molecule has 0 saturated heterocycles. The largest absolute Gasteiger partial charge is 0.416 e. The summed E-state index contributed by atoms with van der Waals surface area (Å²) in [4.78, 5) is 28.0. The predicted octanol–water partition coefficient (Wildman–Crippen LogP) is 5.65. The summed E-state index contributed by atoms with van der Waals surface area (Å²) in [5.41, 5.74) is -0.190. The maximum Gasteiger partial charge on any atom is 0.416 e. The van der Waals surface area contributed by atoms with Gasteiger partial charge in [0.05, 0.1) is 12.1 Å². The lowest BCUT2D eigenvalue weighted by molar-refractivity contribution is -0.137. The first-order valence-electron chi connectivity index (χ1n) is 9.75. The number of nitrogens with zero attached hydrogens (tertiary/aromatic N) is 1. The maximum absolute atomic E-state index is 12.9. The fourth-order valence-electron chi connectivity index (χ4n) is 3.02. The van der Waals surface area contributed by atoms with Gasteiger partial charge in [0.15, 0.2) is 0 Å². The highest BCUT2D eigenvalue weighted by atomic mass is 32.1. The van der Waals surface area contributed by atoms with Crippen LogP contribution in [-0.2, 0) is 11.0 Å². The van der Waals surface area contributed by atoms with Gasteiger partial charge in [-0.05, 0) is 61.8 Å². The first kappa shape index (κ1) is 23.5. The molecule has 3 rings (SSSR count). The van der Waals surface area contributed by atoms with E-state index in [-0.39, 0.29) is 29.7 Å². The third kappa shape index (κ3) is 6.18. The summed E-state index contributed by atoms with van der Waals surface area (Å²) in [5, 5.41) is 7.19. The number of hydrogen-bond donors (Lipinski definition) is 2. The predicted molar refractivity (Wildman–Crippen MR) is 120 cm³/mol. The Hall–Kier alpha value is -3.17. The van der Waals surface area contributed by atoms with Crippen LogP contribution in [0.1, 0.15) is 33.8 Å². The van der Waals surface area contributed by atoms with Crippen LogP contribution in [0, 0.1) is 0 Å². The molecule has 0 radical (unpaired) electrons. The van der Waals surface area contributed by atoms with Crippen LogP contribution in [0.4, 0.5) is 24.5 Å². The summed E-state index contributed by atoms with van der Waals surface area (Å²) in [6, 6.07) is 14.7. The molecule has 0 saturated carbocycles. The molecule has 2 N–H and O–H groups in total. The summed E-state index contributed by atoms with van der Waals surface area (Å²) < 4.78 is 38.6. The van der Waals surface area contributed by atoms with Crippen LogP contribution >= 0.6 is 11.3 Å². The van der Waals surface area contributed by atoms with Crippen LogP contribution < -0.4 is 10.6 Å². The topological polar surface area (TPSA) is 61.4 Å². The molecule has 9 heteroatoms. The Morgan fingerprint density at radius 3 is 2.34 bits per heavy atom. The number of thiophene rings is 1.